The molecule has 1 rings (SSSR count). The molecule has 3 nitrogen and oxygen atoms in total. The number of carbonyl (C=O) groups is 1. The van der Waals surface area contributed by atoms with Crippen LogP contribution >= 0.6 is 0 Å². The second-order valence-electron chi connectivity index (χ2n) is 2.98. The number of carbonyl (C=O) groups excluding carboxylic acids is 1. The van der Waals surface area contributed by atoms with Gasteiger partial charge >= 0.3 is 0 Å². The van der Waals surface area contributed by atoms with Crippen LogP contribution in [0.3, 0.4) is 0 Å². The van der Waals surface area contributed by atoms with Crippen molar-refractivity contribution in [2.75, 3.05) is 13.2 Å². The summed E-state index contributed by atoms with van der Waals surface area (Å²) in [6.07, 6.45) is 0.281. The molecule has 0 aliphatic carbocycles. The lowest BCUT2D eigenvalue weighted by Gasteiger charge is -2.02. The summed E-state index contributed by atoms with van der Waals surface area (Å²) in [7, 11) is 0. The number of aliphatic hydroxyl groups excluding tert-OH is 1. The Morgan fingerprint density at radius 1 is 1.29 bits per heavy atom. The molecule has 0 aliphatic rings. The molecule has 3 heteroatoms. The second kappa shape index (κ2) is 6.29. The highest BCUT2D eigenvalue weighted by molar-refractivity contribution is 5.79. The van der Waals surface area contributed by atoms with Crippen molar-refractivity contribution < 1.29 is 14.6 Å². The number of rotatable bonds is 6. The molecule has 1 N–H and O–H groups in total. The SMILES string of the molecule is O=C(CO)CCOCc1ccccc1. The van der Waals surface area contributed by atoms with E-state index in [1.54, 1.807) is 0 Å². The average molecular weight is 194 g/mol. The van der Waals surface area contributed by atoms with Gasteiger partial charge < -0.3 is 9.84 Å². The molecule has 0 atom stereocenters. The molecular formula is C11H14O3. The van der Waals surface area contributed by atoms with Gasteiger partial charge in [0.15, 0.2) is 5.78 Å². The van der Waals surface area contributed by atoms with E-state index in [4.69, 9.17) is 9.84 Å². The Morgan fingerprint density at radius 3 is 2.64 bits per heavy atom. The number of aliphatic hydroxyl groups is 1. The molecule has 0 radical (unpaired) electrons. The lowest BCUT2D eigenvalue weighted by molar-refractivity contribution is -0.122. The number of hydrogen-bond donors (Lipinski definition) is 1. The van der Waals surface area contributed by atoms with Crippen molar-refractivity contribution in [2.24, 2.45) is 0 Å². The van der Waals surface area contributed by atoms with Gasteiger partial charge in [-0.3, -0.25) is 4.79 Å². The smallest absolute Gasteiger partial charge is 0.160 e. The Morgan fingerprint density at radius 2 is 2.00 bits per heavy atom. The van der Waals surface area contributed by atoms with E-state index >= 15 is 0 Å². The summed E-state index contributed by atoms with van der Waals surface area (Å²) >= 11 is 0. The molecule has 0 saturated heterocycles. The Bertz CT molecular complexity index is 269. The molecule has 0 unspecified atom stereocenters. The van der Waals surface area contributed by atoms with E-state index in [0.717, 1.165) is 5.56 Å². The number of benzene rings is 1. The third-order valence-corrected chi connectivity index (χ3v) is 1.81. The van der Waals surface area contributed by atoms with Crippen molar-refractivity contribution in [1.29, 1.82) is 0 Å². The highest BCUT2D eigenvalue weighted by Gasteiger charge is 1.98. The Balaban J connectivity index is 2.13. The Kier molecular flexibility index (Phi) is 4.89. The van der Waals surface area contributed by atoms with Crippen LogP contribution in [0.15, 0.2) is 30.3 Å². The van der Waals surface area contributed by atoms with Gasteiger partial charge in [0.2, 0.25) is 0 Å². The van der Waals surface area contributed by atoms with Gasteiger partial charge in [-0.15, -0.1) is 0 Å². The fraction of sp³-hybridized carbons (Fsp3) is 0.364. The van der Waals surface area contributed by atoms with Gasteiger partial charge in [-0.25, -0.2) is 0 Å². The summed E-state index contributed by atoms with van der Waals surface area (Å²) in [4.78, 5) is 10.7. The van der Waals surface area contributed by atoms with E-state index < -0.39 is 6.61 Å². The summed E-state index contributed by atoms with van der Waals surface area (Å²) in [5.74, 6) is -0.182. The van der Waals surface area contributed by atoms with Crippen molar-refractivity contribution in [3.05, 3.63) is 35.9 Å². The minimum absolute atomic E-state index is 0.182. The molecule has 0 saturated carbocycles. The van der Waals surface area contributed by atoms with E-state index in [-0.39, 0.29) is 12.2 Å². The zero-order valence-corrected chi connectivity index (χ0v) is 7.98. The second-order valence-corrected chi connectivity index (χ2v) is 2.98. The van der Waals surface area contributed by atoms with E-state index in [1.807, 2.05) is 30.3 Å². The maximum Gasteiger partial charge on any atom is 0.160 e. The lowest BCUT2D eigenvalue weighted by atomic mass is 10.2. The van der Waals surface area contributed by atoms with Gasteiger partial charge in [0.25, 0.3) is 0 Å². The van der Waals surface area contributed by atoms with Gasteiger partial charge in [-0.2, -0.15) is 0 Å². The molecular weight excluding hydrogens is 180 g/mol. The summed E-state index contributed by atoms with van der Waals surface area (Å²) in [5, 5.41) is 8.45. The number of ether oxygens (including phenoxy) is 1. The summed E-state index contributed by atoms with van der Waals surface area (Å²) in [6, 6.07) is 9.76. The van der Waals surface area contributed by atoms with Crippen LogP contribution in [0.4, 0.5) is 0 Å². The molecule has 0 fully saturated rings. The number of Topliss-reactive ketones (excluding diaryl/α,β-unsaturated/α-hetero) is 1. The van der Waals surface area contributed by atoms with Crippen LogP contribution in [0.2, 0.25) is 0 Å². The van der Waals surface area contributed by atoms with Crippen molar-refractivity contribution in [1.82, 2.24) is 0 Å². The van der Waals surface area contributed by atoms with E-state index in [1.165, 1.54) is 0 Å². The topological polar surface area (TPSA) is 46.5 Å². The van der Waals surface area contributed by atoms with Crippen LogP contribution in [-0.2, 0) is 16.1 Å². The van der Waals surface area contributed by atoms with Crippen LogP contribution in [0.25, 0.3) is 0 Å². The summed E-state index contributed by atoms with van der Waals surface area (Å²) in [5.41, 5.74) is 1.09. The minimum atomic E-state index is -0.394. The fourth-order valence-corrected chi connectivity index (χ4v) is 1.03. The van der Waals surface area contributed by atoms with Gasteiger partial charge in [-0.05, 0) is 5.56 Å². The predicted molar refractivity (Wildman–Crippen MR) is 52.8 cm³/mol. The number of ketones is 1. The van der Waals surface area contributed by atoms with E-state index in [9.17, 15) is 4.79 Å². The largest absolute Gasteiger partial charge is 0.389 e. The lowest BCUT2D eigenvalue weighted by Crippen LogP contribution is -2.07. The molecule has 76 valence electrons. The van der Waals surface area contributed by atoms with Gasteiger partial charge in [0.05, 0.1) is 13.2 Å². The van der Waals surface area contributed by atoms with Gasteiger partial charge in [-0.1, -0.05) is 30.3 Å². The van der Waals surface area contributed by atoms with E-state index in [0.29, 0.717) is 13.2 Å². The van der Waals surface area contributed by atoms with Crippen LogP contribution in [0.5, 0.6) is 0 Å². The first-order valence-electron chi connectivity index (χ1n) is 4.57. The molecule has 1 aromatic carbocycles. The van der Waals surface area contributed by atoms with Crippen LogP contribution in [-0.4, -0.2) is 24.1 Å². The molecule has 1 aromatic rings. The van der Waals surface area contributed by atoms with Gasteiger partial charge in [0, 0.05) is 6.42 Å². The Labute approximate surface area is 83.3 Å². The van der Waals surface area contributed by atoms with Crippen molar-refractivity contribution >= 4 is 5.78 Å². The molecule has 0 amide bonds. The zero-order chi connectivity index (χ0) is 10.2. The monoisotopic (exact) mass is 194 g/mol. The van der Waals surface area contributed by atoms with Crippen LogP contribution in [0.1, 0.15) is 12.0 Å². The highest BCUT2D eigenvalue weighted by Crippen LogP contribution is 2.00. The Hall–Kier alpha value is -1.19. The summed E-state index contributed by atoms with van der Waals surface area (Å²) in [6.45, 7) is 0.489. The fourth-order valence-electron chi connectivity index (χ4n) is 1.03. The maximum absolute atomic E-state index is 10.7. The number of hydrogen-bond acceptors (Lipinski definition) is 3. The molecule has 0 heterocycles. The first-order valence-corrected chi connectivity index (χ1v) is 4.57. The standard InChI is InChI=1S/C11H14O3/c12-8-11(13)6-7-14-9-10-4-2-1-3-5-10/h1-5,12H,6-9H2. The van der Waals surface area contributed by atoms with E-state index in [2.05, 4.69) is 0 Å². The third-order valence-electron chi connectivity index (χ3n) is 1.81. The highest BCUT2D eigenvalue weighted by atomic mass is 16.5. The first kappa shape index (κ1) is 10.9. The molecule has 14 heavy (non-hydrogen) atoms. The van der Waals surface area contributed by atoms with Gasteiger partial charge in [0.1, 0.15) is 6.61 Å². The maximum atomic E-state index is 10.7. The molecule has 0 aromatic heterocycles. The summed E-state index contributed by atoms with van der Waals surface area (Å²) < 4.78 is 5.26. The van der Waals surface area contributed by atoms with Crippen molar-refractivity contribution in [3.8, 4) is 0 Å². The quantitative estimate of drug-likeness (QED) is 0.691. The minimum Gasteiger partial charge on any atom is -0.389 e. The van der Waals surface area contributed by atoms with Crippen molar-refractivity contribution in [3.63, 3.8) is 0 Å². The normalized spacial score (nSPS) is 10.1. The molecule has 0 spiro atoms. The molecule has 0 bridgehead atoms. The van der Waals surface area contributed by atoms with Crippen LogP contribution in [0, 0.1) is 0 Å². The third kappa shape index (κ3) is 4.16. The predicted octanol–water partition coefficient (Wildman–Crippen LogP) is 1.15. The zero-order valence-electron chi connectivity index (χ0n) is 7.98. The van der Waals surface area contributed by atoms with Crippen LogP contribution < -0.4 is 0 Å². The first-order chi connectivity index (χ1) is 6.83. The average Bonchev–Trinajstić information content (AvgIpc) is 2.25. The van der Waals surface area contributed by atoms with Crippen molar-refractivity contribution in [2.45, 2.75) is 13.0 Å². The molecule has 0 aliphatic heterocycles.